The molecule has 1 unspecified atom stereocenters. The maximum atomic E-state index is 9.01. The van der Waals surface area contributed by atoms with E-state index in [-0.39, 0.29) is 12.6 Å². The predicted octanol–water partition coefficient (Wildman–Crippen LogP) is 1.06. The Bertz CT molecular complexity index is 330. The zero-order valence-corrected chi connectivity index (χ0v) is 11.3. The van der Waals surface area contributed by atoms with Gasteiger partial charge in [0.1, 0.15) is 5.82 Å². The molecule has 1 aromatic rings. The SMILES string of the molecule is COCCN(c1ccc(CO)cn1)C(C)COC. The lowest BCUT2D eigenvalue weighted by Gasteiger charge is -2.29. The van der Waals surface area contributed by atoms with Gasteiger partial charge >= 0.3 is 0 Å². The van der Waals surface area contributed by atoms with Gasteiger partial charge in [-0.1, -0.05) is 6.07 Å². The van der Waals surface area contributed by atoms with Crippen molar-refractivity contribution in [2.45, 2.75) is 19.6 Å². The number of aliphatic hydroxyl groups excluding tert-OH is 1. The van der Waals surface area contributed by atoms with Gasteiger partial charge in [0.25, 0.3) is 0 Å². The zero-order valence-electron chi connectivity index (χ0n) is 11.3. The minimum Gasteiger partial charge on any atom is -0.392 e. The lowest BCUT2D eigenvalue weighted by Crippen LogP contribution is -2.39. The van der Waals surface area contributed by atoms with E-state index >= 15 is 0 Å². The van der Waals surface area contributed by atoms with Crippen LogP contribution in [0.5, 0.6) is 0 Å². The van der Waals surface area contributed by atoms with Crippen molar-refractivity contribution in [1.82, 2.24) is 4.98 Å². The van der Waals surface area contributed by atoms with Gasteiger partial charge in [-0.15, -0.1) is 0 Å². The van der Waals surface area contributed by atoms with Crippen LogP contribution in [0.25, 0.3) is 0 Å². The summed E-state index contributed by atoms with van der Waals surface area (Å²) >= 11 is 0. The summed E-state index contributed by atoms with van der Waals surface area (Å²) in [6, 6.07) is 4.01. The van der Waals surface area contributed by atoms with Crippen LogP contribution in [0.15, 0.2) is 18.3 Å². The molecule has 1 atom stereocenters. The summed E-state index contributed by atoms with van der Waals surface area (Å²) in [5, 5.41) is 9.01. The highest BCUT2D eigenvalue weighted by Crippen LogP contribution is 2.14. The monoisotopic (exact) mass is 254 g/mol. The van der Waals surface area contributed by atoms with Crippen LogP contribution in [0.4, 0.5) is 5.82 Å². The van der Waals surface area contributed by atoms with E-state index in [1.54, 1.807) is 20.4 Å². The number of aromatic nitrogens is 1. The quantitative estimate of drug-likeness (QED) is 0.752. The largest absolute Gasteiger partial charge is 0.392 e. The third kappa shape index (κ3) is 4.25. The predicted molar refractivity (Wildman–Crippen MR) is 70.7 cm³/mol. The molecule has 0 saturated heterocycles. The standard InChI is InChI=1S/C13H22N2O3/c1-11(10-18-3)15(6-7-17-2)13-5-4-12(9-16)8-14-13/h4-5,8,11,16H,6-7,9-10H2,1-3H3. The Labute approximate surface area is 108 Å². The van der Waals surface area contributed by atoms with Crippen LogP contribution in [-0.4, -0.2) is 50.1 Å². The number of nitrogens with zero attached hydrogens (tertiary/aromatic N) is 2. The maximum absolute atomic E-state index is 9.01. The summed E-state index contributed by atoms with van der Waals surface area (Å²) in [7, 11) is 3.37. The first-order valence-corrected chi connectivity index (χ1v) is 6.03. The Morgan fingerprint density at radius 2 is 2.11 bits per heavy atom. The van der Waals surface area contributed by atoms with E-state index in [9.17, 15) is 0 Å². The van der Waals surface area contributed by atoms with Gasteiger partial charge in [0.2, 0.25) is 0 Å². The normalized spacial score (nSPS) is 12.4. The van der Waals surface area contributed by atoms with Crippen molar-refractivity contribution in [3.05, 3.63) is 23.9 Å². The molecule has 0 spiro atoms. The molecule has 1 aromatic heterocycles. The van der Waals surface area contributed by atoms with Crippen molar-refractivity contribution >= 4 is 5.82 Å². The highest BCUT2D eigenvalue weighted by molar-refractivity contribution is 5.40. The van der Waals surface area contributed by atoms with Gasteiger partial charge in [-0.3, -0.25) is 0 Å². The summed E-state index contributed by atoms with van der Waals surface area (Å²) in [5.41, 5.74) is 0.810. The Morgan fingerprint density at radius 1 is 1.33 bits per heavy atom. The van der Waals surface area contributed by atoms with Crippen LogP contribution >= 0.6 is 0 Å². The molecule has 0 saturated carbocycles. The lowest BCUT2D eigenvalue weighted by molar-refractivity contribution is 0.170. The van der Waals surface area contributed by atoms with Crippen LogP contribution in [0.2, 0.25) is 0 Å². The minimum absolute atomic E-state index is 0.0129. The fraction of sp³-hybridized carbons (Fsp3) is 0.615. The second kappa shape index (κ2) is 8.02. The van der Waals surface area contributed by atoms with Gasteiger partial charge < -0.3 is 19.5 Å². The van der Waals surface area contributed by atoms with Gasteiger partial charge in [-0.2, -0.15) is 0 Å². The molecule has 0 bridgehead atoms. The fourth-order valence-corrected chi connectivity index (χ4v) is 1.76. The molecule has 0 radical (unpaired) electrons. The first-order valence-electron chi connectivity index (χ1n) is 6.03. The molecule has 0 aliphatic heterocycles. The van der Waals surface area contributed by atoms with E-state index < -0.39 is 0 Å². The highest BCUT2D eigenvalue weighted by atomic mass is 16.5. The Balaban J connectivity index is 2.79. The van der Waals surface area contributed by atoms with E-state index in [1.807, 2.05) is 12.1 Å². The molecular weight excluding hydrogens is 232 g/mol. The zero-order chi connectivity index (χ0) is 13.4. The summed E-state index contributed by atoms with van der Waals surface area (Å²) in [6.07, 6.45) is 1.69. The van der Waals surface area contributed by atoms with E-state index in [2.05, 4.69) is 16.8 Å². The minimum atomic E-state index is 0.0129. The number of anilines is 1. The Hall–Kier alpha value is -1.17. The van der Waals surface area contributed by atoms with Crippen molar-refractivity contribution in [3.8, 4) is 0 Å². The second-order valence-electron chi connectivity index (χ2n) is 4.17. The second-order valence-corrected chi connectivity index (χ2v) is 4.17. The molecule has 102 valence electrons. The van der Waals surface area contributed by atoms with E-state index in [0.29, 0.717) is 13.2 Å². The van der Waals surface area contributed by atoms with Crippen LogP contribution in [0, 0.1) is 0 Å². The number of ether oxygens (including phenoxy) is 2. The van der Waals surface area contributed by atoms with Crippen LogP contribution < -0.4 is 4.90 Å². The average Bonchev–Trinajstić information content (AvgIpc) is 2.40. The molecule has 18 heavy (non-hydrogen) atoms. The molecule has 0 aliphatic rings. The van der Waals surface area contributed by atoms with Gasteiger partial charge in [0.15, 0.2) is 0 Å². The maximum Gasteiger partial charge on any atom is 0.128 e. The molecule has 1 N–H and O–H groups in total. The summed E-state index contributed by atoms with van der Waals surface area (Å²) in [5.74, 6) is 0.869. The van der Waals surface area contributed by atoms with Gasteiger partial charge in [-0.05, 0) is 18.6 Å². The molecule has 0 aromatic carbocycles. The molecule has 0 fully saturated rings. The van der Waals surface area contributed by atoms with E-state index in [0.717, 1.165) is 17.9 Å². The number of hydrogen-bond donors (Lipinski definition) is 1. The molecule has 0 amide bonds. The average molecular weight is 254 g/mol. The number of methoxy groups -OCH3 is 2. The number of hydrogen-bond acceptors (Lipinski definition) is 5. The van der Waals surface area contributed by atoms with Gasteiger partial charge in [-0.25, -0.2) is 4.98 Å². The lowest BCUT2D eigenvalue weighted by atomic mass is 10.2. The van der Waals surface area contributed by atoms with Crippen molar-refractivity contribution < 1.29 is 14.6 Å². The third-order valence-electron chi connectivity index (χ3n) is 2.76. The van der Waals surface area contributed by atoms with E-state index in [4.69, 9.17) is 14.6 Å². The number of rotatable bonds is 8. The smallest absolute Gasteiger partial charge is 0.128 e. The molecule has 0 aliphatic carbocycles. The molecule has 5 heteroatoms. The Morgan fingerprint density at radius 3 is 2.61 bits per heavy atom. The molecular formula is C13H22N2O3. The highest BCUT2D eigenvalue weighted by Gasteiger charge is 2.15. The summed E-state index contributed by atoms with van der Waals surface area (Å²) in [4.78, 5) is 6.49. The third-order valence-corrected chi connectivity index (χ3v) is 2.76. The first kappa shape index (κ1) is 14.9. The first-order chi connectivity index (χ1) is 8.72. The summed E-state index contributed by atoms with van der Waals surface area (Å²) < 4.78 is 10.3. The van der Waals surface area contributed by atoms with Crippen LogP contribution in [0.3, 0.4) is 0 Å². The van der Waals surface area contributed by atoms with Crippen molar-refractivity contribution in [3.63, 3.8) is 0 Å². The Kier molecular flexibility index (Phi) is 6.64. The van der Waals surface area contributed by atoms with Gasteiger partial charge in [0.05, 0.1) is 25.9 Å². The topological polar surface area (TPSA) is 54.8 Å². The van der Waals surface area contributed by atoms with E-state index in [1.165, 1.54) is 0 Å². The van der Waals surface area contributed by atoms with Crippen molar-refractivity contribution in [2.75, 3.05) is 38.9 Å². The van der Waals surface area contributed by atoms with Crippen LogP contribution in [0.1, 0.15) is 12.5 Å². The number of pyridine rings is 1. The summed E-state index contributed by atoms with van der Waals surface area (Å²) in [6.45, 7) is 4.12. The molecule has 1 heterocycles. The van der Waals surface area contributed by atoms with Crippen molar-refractivity contribution in [2.24, 2.45) is 0 Å². The van der Waals surface area contributed by atoms with Crippen molar-refractivity contribution in [1.29, 1.82) is 0 Å². The van der Waals surface area contributed by atoms with Gasteiger partial charge in [0, 0.05) is 27.0 Å². The van der Waals surface area contributed by atoms with Crippen LogP contribution in [-0.2, 0) is 16.1 Å². The molecule has 1 rings (SSSR count). The fourth-order valence-electron chi connectivity index (χ4n) is 1.76. The number of aliphatic hydroxyl groups is 1. The molecule has 5 nitrogen and oxygen atoms in total.